The van der Waals surface area contributed by atoms with Crippen molar-refractivity contribution in [3.63, 3.8) is 0 Å². The van der Waals surface area contributed by atoms with Crippen LogP contribution in [-0.4, -0.2) is 25.3 Å². The second-order valence-electron chi connectivity index (χ2n) is 3.55. The van der Waals surface area contributed by atoms with Gasteiger partial charge in [0.25, 0.3) is 0 Å². The van der Waals surface area contributed by atoms with Crippen LogP contribution >= 0.6 is 0 Å². The van der Waals surface area contributed by atoms with E-state index < -0.39 is 11.7 Å². The van der Waals surface area contributed by atoms with E-state index in [0.717, 1.165) is 12.3 Å². The van der Waals surface area contributed by atoms with E-state index in [1.54, 1.807) is 11.9 Å². The molecule has 0 amide bonds. The Balaban J connectivity index is 3.08. The van der Waals surface area contributed by atoms with Crippen molar-refractivity contribution in [3.05, 3.63) is 17.8 Å². The Labute approximate surface area is 102 Å². The summed E-state index contributed by atoms with van der Waals surface area (Å²) in [4.78, 5) is 8.83. The van der Waals surface area contributed by atoms with Crippen LogP contribution in [-0.2, 0) is 6.18 Å². The van der Waals surface area contributed by atoms with E-state index in [1.165, 1.54) is 0 Å². The van der Waals surface area contributed by atoms with Gasteiger partial charge in [-0.3, -0.25) is 4.99 Å². The first-order valence-electron chi connectivity index (χ1n) is 5.02. The zero-order valence-electron chi connectivity index (χ0n) is 9.70. The molecule has 0 fully saturated rings. The standard InChI is InChI=1S/C11H11F3N4/c1-16-9-6-8(11(12,13)14)7-17-10(9)18(2)5-3-4-15/h6-7H,1,3,5H2,2H3. The largest absolute Gasteiger partial charge is 0.417 e. The summed E-state index contributed by atoms with van der Waals surface area (Å²) in [5.41, 5.74) is -0.826. The monoisotopic (exact) mass is 256 g/mol. The zero-order chi connectivity index (χ0) is 13.8. The molecule has 0 aromatic carbocycles. The number of nitrogens with zero attached hydrogens (tertiary/aromatic N) is 4. The molecule has 1 aromatic rings. The van der Waals surface area contributed by atoms with Gasteiger partial charge < -0.3 is 4.90 Å². The van der Waals surface area contributed by atoms with E-state index >= 15 is 0 Å². The summed E-state index contributed by atoms with van der Waals surface area (Å²) in [5, 5.41) is 8.46. The first-order valence-corrected chi connectivity index (χ1v) is 5.02. The fourth-order valence-electron chi connectivity index (χ4n) is 1.34. The van der Waals surface area contributed by atoms with Crippen LogP contribution in [0.4, 0.5) is 24.7 Å². The summed E-state index contributed by atoms with van der Waals surface area (Å²) in [5.74, 6) is 0.272. The van der Waals surface area contributed by atoms with Crippen LogP contribution in [0.25, 0.3) is 0 Å². The maximum absolute atomic E-state index is 12.5. The van der Waals surface area contributed by atoms with E-state index in [2.05, 4.69) is 16.7 Å². The van der Waals surface area contributed by atoms with Gasteiger partial charge >= 0.3 is 6.18 Å². The molecule has 4 nitrogen and oxygen atoms in total. The van der Waals surface area contributed by atoms with Gasteiger partial charge in [0.2, 0.25) is 0 Å². The fourth-order valence-corrected chi connectivity index (χ4v) is 1.34. The molecule has 0 radical (unpaired) electrons. The van der Waals surface area contributed by atoms with E-state index in [4.69, 9.17) is 5.26 Å². The lowest BCUT2D eigenvalue weighted by atomic mass is 10.2. The van der Waals surface area contributed by atoms with Crippen molar-refractivity contribution in [1.82, 2.24) is 4.98 Å². The Bertz CT molecular complexity index is 476. The number of alkyl halides is 3. The summed E-state index contributed by atoms with van der Waals surface area (Å²) in [7, 11) is 1.63. The number of aromatic nitrogens is 1. The second kappa shape index (κ2) is 5.49. The van der Waals surface area contributed by atoms with Gasteiger partial charge in [0.05, 0.1) is 18.1 Å². The highest BCUT2D eigenvalue weighted by molar-refractivity contribution is 5.65. The molecule has 0 N–H and O–H groups in total. The van der Waals surface area contributed by atoms with Crippen LogP contribution in [0.15, 0.2) is 17.3 Å². The molecule has 1 rings (SSSR count). The molecule has 0 unspecified atom stereocenters. The minimum Gasteiger partial charge on any atom is -0.357 e. The van der Waals surface area contributed by atoms with Crippen molar-refractivity contribution in [2.45, 2.75) is 12.6 Å². The highest BCUT2D eigenvalue weighted by atomic mass is 19.4. The van der Waals surface area contributed by atoms with Crippen LogP contribution in [0.3, 0.4) is 0 Å². The number of rotatable bonds is 4. The summed E-state index contributed by atoms with van der Waals surface area (Å²) >= 11 is 0. The number of aliphatic imine (C=N–C) groups is 1. The van der Waals surface area contributed by atoms with Gasteiger partial charge in [-0.2, -0.15) is 18.4 Å². The Morgan fingerprint density at radius 2 is 2.22 bits per heavy atom. The van der Waals surface area contributed by atoms with Gasteiger partial charge in [-0.05, 0) is 12.8 Å². The molecule has 0 aliphatic carbocycles. The third-order valence-corrected chi connectivity index (χ3v) is 2.27. The Hall–Kier alpha value is -2.10. The van der Waals surface area contributed by atoms with Gasteiger partial charge in [-0.15, -0.1) is 0 Å². The maximum Gasteiger partial charge on any atom is 0.417 e. The van der Waals surface area contributed by atoms with E-state index in [1.807, 2.05) is 6.07 Å². The predicted octanol–water partition coefficient (Wildman–Crippen LogP) is 2.78. The normalized spacial score (nSPS) is 10.8. The molecule has 1 aromatic heterocycles. The minimum atomic E-state index is -4.46. The molecule has 1 heterocycles. The first kappa shape index (κ1) is 14.0. The second-order valence-corrected chi connectivity index (χ2v) is 3.55. The summed E-state index contributed by atoms with van der Waals surface area (Å²) in [6, 6.07) is 2.83. The van der Waals surface area contributed by atoms with Crippen LogP contribution in [0.1, 0.15) is 12.0 Å². The Kier molecular flexibility index (Phi) is 4.26. The first-order chi connectivity index (χ1) is 8.40. The smallest absolute Gasteiger partial charge is 0.357 e. The summed E-state index contributed by atoms with van der Waals surface area (Å²) < 4.78 is 37.4. The number of halogens is 3. The number of anilines is 1. The number of pyridine rings is 1. The molecular weight excluding hydrogens is 245 g/mol. The van der Waals surface area contributed by atoms with Gasteiger partial charge in [0, 0.05) is 19.8 Å². The van der Waals surface area contributed by atoms with E-state index in [9.17, 15) is 13.2 Å². The minimum absolute atomic E-state index is 0.0465. The van der Waals surface area contributed by atoms with E-state index in [-0.39, 0.29) is 17.9 Å². The van der Waals surface area contributed by atoms with Gasteiger partial charge in [-0.25, -0.2) is 4.98 Å². The van der Waals surface area contributed by atoms with Gasteiger partial charge in [-0.1, -0.05) is 0 Å². The quantitative estimate of drug-likeness (QED) is 0.778. The average molecular weight is 256 g/mol. The average Bonchev–Trinajstić information content (AvgIpc) is 2.34. The summed E-state index contributed by atoms with van der Waals surface area (Å²) in [6.07, 6.45) is -3.47. The number of hydrogen-bond acceptors (Lipinski definition) is 4. The third-order valence-electron chi connectivity index (χ3n) is 2.27. The molecule has 96 valence electrons. The molecular formula is C11H11F3N4. The highest BCUT2D eigenvalue weighted by Gasteiger charge is 2.31. The van der Waals surface area contributed by atoms with Crippen molar-refractivity contribution in [2.24, 2.45) is 4.99 Å². The molecule has 0 saturated heterocycles. The van der Waals surface area contributed by atoms with Gasteiger partial charge in [0.15, 0.2) is 5.82 Å². The highest BCUT2D eigenvalue weighted by Crippen LogP contribution is 2.34. The molecule has 0 aliphatic rings. The molecule has 7 heteroatoms. The van der Waals surface area contributed by atoms with Gasteiger partial charge in [0.1, 0.15) is 5.69 Å². The number of hydrogen-bond donors (Lipinski definition) is 0. The lowest BCUT2D eigenvalue weighted by molar-refractivity contribution is -0.137. The lowest BCUT2D eigenvalue weighted by Crippen LogP contribution is -2.20. The number of nitriles is 1. The van der Waals surface area contributed by atoms with Crippen LogP contribution < -0.4 is 4.90 Å². The molecule has 0 spiro atoms. The fraction of sp³-hybridized carbons (Fsp3) is 0.364. The molecule has 0 aliphatic heterocycles. The van der Waals surface area contributed by atoms with E-state index in [0.29, 0.717) is 6.54 Å². The SMILES string of the molecule is C=Nc1cc(C(F)(F)F)cnc1N(C)CCC#N. The zero-order valence-corrected chi connectivity index (χ0v) is 9.70. The van der Waals surface area contributed by atoms with Crippen LogP contribution in [0.5, 0.6) is 0 Å². The predicted molar refractivity (Wildman–Crippen MR) is 61.9 cm³/mol. The van der Waals surface area contributed by atoms with Crippen molar-refractivity contribution >= 4 is 18.2 Å². The van der Waals surface area contributed by atoms with Crippen molar-refractivity contribution < 1.29 is 13.2 Å². The maximum atomic E-state index is 12.5. The molecule has 18 heavy (non-hydrogen) atoms. The molecule has 0 saturated carbocycles. The topological polar surface area (TPSA) is 52.3 Å². The Morgan fingerprint density at radius 1 is 1.56 bits per heavy atom. The molecule has 0 bridgehead atoms. The van der Waals surface area contributed by atoms with Crippen LogP contribution in [0.2, 0.25) is 0 Å². The Morgan fingerprint density at radius 3 is 2.72 bits per heavy atom. The molecule has 0 atom stereocenters. The third kappa shape index (κ3) is 3.20. The van der Waals surface area contributed by atoms with Crippen molar-refractivity contribution in [1.29, 1.82) is 5.26 Å². The summed E-state index contributed by atoms with van der Waals surface area (Å²) in [6.45, 7) is 3.59. The van der Waals surface area contributed by atoms with Crippen LogP contribution in [0, 0.1) is 11.3 Å². The lowest BCUT2D eigenvalue weighted by Gasteiger charge is -2.19. The van der Waals surface area contributed by atoms with Crippen molar-refractivity contribution in [2.75, 3.05) is 18.5 Å². The van der Waals surface area contributed by atoms with Crippen molar-refractivity contribution in [3.8, 4) is 6.07 Å².